The Morgan fingerprint density at radius 3 is 2.83 bits per heavy atom. The van der Waals surface area contributed by atoms with E-state index in [-0.39, 0.29) is 5.78 Å². The van der Waals surface area contributed by atoms with Crippen molar-refractivity contribution in [1.29, 1.82) is 0 Å². The van der Waals surface area contributed by atoms with Crippen LogP contribution in [0.4, 0.5) is 0 Å². The fourth-order valence-electron chi connectivity index (χ4n) is 1.44. The van der Waals surface area contributed by atoms with E-state index in [0.717, 1.165) is 11.3 Å². The zero-order valence-corrected chi connectivity index (χ0v) is 7.37. The van der Waals surface area contributed by atoms with Crippen LogP contribution in [0.3, 0.4) is 0 Å². The van der Waals surface area contributed by atoms with Crippen molar-refractivity contribution in [2.45, 2.75) is 25.7 Å². The van der Waals surface area contributed by atoms with Gasteiger partial charge < -0.3 is 0 Å². The smallest absolute Gasteiger partial charge is 0.163 e. The minimum Gasteiger partial charge on any atom is -0.294 e. The third-order valence-corrected chi connectivity index (χ3v) is 2.20. The maximum Gasteiger partial charge on any atom is 0.163 e. The molecule has 1 aromatic heterocycles. The van der Waals surface area contributed by atoms with Gasteiger partial charge in [0.1, 0.15) is 0 Å². The molecule has 1 aliphatic rings. The predicted molar refractivity (Wildman–Crippen MR) is 45.2 cm³/mol. The van der Waals surface area contributed by atoms with Crippen molar-refractivity contribution in [3.8, 4) is 0 Å². The molecule has 3 heteroatoms. The van der Waals surface area contributed by atoms with Crippen LogP contribution < -0.4 is 0 Å². The Labute approximate surface area is 71.4 Å². The second kappa shape index (κ2) is 2.44. The second-order valence-corrected chi connectivity index (χ2v) is 3.43. The summed E-state index contributed by atoms with van der Waals surface area (Å²) in [6, 6.07) is 0. The van der Waals surface area contributed by atoms with Crippen LogP contribution >= 0.6 is 0 Å². The molecule has 1 heterocycles. The van der Waals surface area contributed by atoms with Crippen molar-refractivity contribution < 1.29 is 4.79 Å². The van der Waals surface area contributed by atoms with Gasteiger partial charge in [0.15, 0.2) is 5.78 Å². The maximum atomic E-state index is 11.2. The number of aryl methyl sites for hydroxylation is 1. The Balaban J connectivity index is 2.43. The van der Waals surface area contributed by atoms with Crippen LogP contribution in [-0.4, -0.2) is 15.6 Å². The van der Waals surface area contributed by atoms with Crippen molar-refractivity contribution in [2.24, 2.45) is 7.05 Å². The topological polar surface area (TPSA) is 34.9 Å². The Hall–Kier alpha value is -1.12. The molecule has 1 aliphatic carbocycles. The van der Waals surface area contributed by atoms with Crippen LogP contribution in [0, 0.1) is 0 Å². The molecule has 1 fully saturated rings. The van der Waals surface area contributed by atoms with Crippen molar-refractivity contribution >= 4 is 5.78 Å². The maximum absolute atomic E-state index is 11.2. The van der Waals surface area contributed by atoms with Crippen molar-refractivity contribution in [1.82, 2.24) is 9.78 Å². The predicted octanol–water partition coefficient (Wildman–Crippen LogP) is 1.50. The third-order valence-electron chi connectivity index (χ3n) is 2.20. The number of carbonyl (C=O) groups is 1. The molecule has 1 aromatic rings. The molecule has 3 nitrogen and oxygen atoms in total. The number of aromatic nitrogens is 2. The van der Waals surface area contributed by atoms with Crippen LogP contribution in [0.2, 0.25) is 0 Å². The van der Waals surface area contributed by atoms with Gasteiger partial charge in [-0.05, 0) is 19.8 Å². The van der Waals surface area contributed by atoms with E-state index in [2.05, 4.69) is 5.10 Å². The van der Waals surface area contributed by atoms with Crippen LogP contribution in [-0.2, 0) is 7.05 Å². The first-order valence-electron chi connectivity index (χ1n) is 4.23. The summed E-state index contributed by atoms with van der Waals surface area (Å²) < 4.78 is 1.73. The largest absolute Gasteiger partial charge is 0.294 e. The normalized spacial score (nSPS) is 16.5. The zero-order chi connectivity index (χ0) is 8.72. The number of hydrogen-bond donors (Lipinski definition) is 0. The summed E-state index contributed by atoms with van der Waals surface area (Å²) in [5.74, 6) is 0.690. The summed E-state index contributed by atoms with van der Waals surface area (Å²) in [5.41, 5.74) is 1.81. The zero-order valence-electron chi connectivity index (χ0n) is 7.37. The number of rotatable bonds is 2. The fourth-order valence-corrected chi connectivity index (χ4v) is 1.44. The van der Waals surface area contributed by atoms with Crippen LogP contribution in [0.5, 0.6) is 0 Å². The molecule has 0 unspecified atom stereocenters. The molecule has 1 saturated carbocycles. The van der Waals surface area contributed by atoms with Crippen molar-refractivity contribution in [3.63, 3.8) is 0 Å². The van der Waals surface area contributed by atoms with Gasteiger partial charge in [-0.2, -0.15) is 5.10 Å². The van der Waals surface area contributed by atoms with Crippen molar-refractivity contribution in [3.05, 3.63) is 17.5 Å². The number of ketones is 1. The highest BCUT2D eigenvalue weighted by Crippen LogP contribution is 2.40. The van der Waals surface area contributed by atoms with E-state index in [4.69, 9.17) is 0 Å². The van der Waals surface area contributed by atoms with Gasteiger partial charge in [-0.25, -0.2) is 0 Å². The van der Waals surface area contributed by atoms with E-state index in [9.17, 15) is 4.79 Å². The lowest BCUT2D eigenvalue weighted by molar-refractivity contribution is 0.101. The first-order valence-corrected chi connectivity index (χ1v) is 4.23. The number of hydrogen-bond acceptors (Lipinski definition) is 2. The van der Waals surface area contributed by atoms with Gasteiger partial charge >= 0.3 is 0 Å². The summed E-state index contributed by atoms with van der Waals surface area (Å²) in [7, 11) is 1.86. The Kier molecular flexibility index (Phi) is 1.53. The second-order valence-electron chi connectivity index (χ2n) is 3.43. The van der Waals surface area contributed by atoms with Crippen molar-refractivity contribution in [2.75, 3.05) is 0 Å². The lowest BCUT2D eigenvalue weighted by Crippen LogP contribution is -1.94. The summed E-state index contributed by atoms with van der Waals surface area (Å²) in [5, 5.41) is 4.29. The van der Waals surface area contributed by atoms with E-state index in [1.165, 1.54) is 12.8 Å². The van der Waals surface area contributed by atoms with Gasteiger partial charge in [0.25, 0.3) is 0 Å². The molecule has 0 N–H and O–H groups in total. The molecule has 0 atom stereocenters. The Bertz CT molecular complexity index is 323. The number of Topliss-reactive ketones (excluding diaryl/α,β-unsaturated/α-hetero) is 1. The molecule has 0 spiro atoms. The average Bonchev–Trinajstić information content (AvgIpc) is 2.75. The number of nitrogens with zero attached hydrogens (tertiary/aromatic N) is 2. The lowest BCUT2D eigenvalue weighted by Gasteiger charge is -1.92. The molecule has 0 aromatic carbocycles. The van der Waals surface area contributed by atoms with Crippen LogP contribution in [0.15, 0.2) is 6.20 Å². The molecular formula is C9H12N2O. The fraction of sp³-hybridized carbons (Fsp3) is 0.556. The van der Waals surface area contributed by atoms with Gasteiger partial charge in [0.05, 0.1) is 11.3 Å². The number of carbonyl (C=O) groups excluding carboxylic acids is 1. The molecule has 0 bridgehead atoms. The SMILES string of the molecule is CC(=O)c1cn(C)nc1C1CC1. The minimum absolute atomic E-state index is 0.130. The van der Waals surface area contributed by atoms with Gasteiger partial charge in [0.2, 0.25) is 0 Å². The molecular weight excluding hydrogens is 152 g/mol. The van der Waals surface area contributed by atoms with E-state index >= 15 is 0 Å². The monoisotopic (exact) mass is 164 g/mol. The van der Waals surface area contributed by atoms with Gasteiger partial charge in [-0.15, -0.1) is 0 Å². The third kappa shape index (κ3) is 1.15. The standard InChI is InChI=1S/C9H12N2O/c1-6(12)8-5-11(2)10-9(8)7-3-4-7/h5,7H,3-4H2,1-2H3. The Morgan fingerprint density at radius 2 is 2.33 bits per heavy atom. The lowest BCUT2D eigenvalue weighted by atomic mass is 10.1. The van der Waals surface area contributed by atoms with Crippen LogP contribution in [0.1, 0.15) is 41.7 Å². The van der Waals surface area contributed by atoms with E-state index < -0.39 is 0 Å². The van der Waals surface area contributed by atoms with Gasteiger partial charge in [-0.3, -0.25) is 9.48 Å². The summed E-state index contributed by atoms with van der Waals surface area (Å²) >= 11 is 0. The molecule has 0 aliphatic heterocycles. The highest BCUT2D eigenvalue weighted by atomic mass is 16.1. The quantitative estimate of drug-likeness (QED) is 0.621. The molecule has 0 amide bonds. The first-order chi connectivity index (χ1) is 5.68. The summed E-state index contributed by atoms with van der Waals surface area (Å²) in [6.45, 7) is 1.60. The van der Waals surface area contributed by atoms with Crippen LogP contribution in [0.25, 0.3) is 0 Å². The molecule has 0 radical (unpaired) electrons. The molecule has 64 valence electrons. The highest BCUT2D eigenvalue weighted by molar-refractivity contribution is 5.95. The van der Waals surface area contributed by atoms with Gasteiger partial charge in [-0.1, -0.05) is 0 Å². The van der Waals surface area contributed by atoms with E-state index in [1.807, 2.05) is 13.2 Å². The van der Waals surface area contributed by atoms with E-state index in [0.29, 0.717) is 5.92 Å². The average molecular weight is 164 g/mol. The summed E-state index contributed by atoms with van der Waals surface area (Å²) in [6.07, 6.45) is 4.20. The van der Waals surface area contributed by atoms with Gasteiger partial charge in [0, 0.05) is 19.2 Å². The first kappa shape index (κ1) is 7.53. The van der Waals surface area contributed by atoms with E-state index in [1.54, 1.807) is 11.6 Å². The summed E-state index contributed by atoms with van der Waals surface area (Å²) in [4.78, 5) is 11.2. The molecule has 0 saturated heterocycles. The Morgan fingerprint density at radius 1 is 1.67 bits per heavy atom. The minimum atomic E-state index is 0.130. The highest BCUT2D eigenvalue weighted by Gasteiger charge is 2.29. The molecule has 12 heavy (non-hydrogen) atoms. The molecule has 2 rings (SSSR count).